The highest BCUT2D eigenvalue weighted by molar-refractivity contribution is 7.89. The number of aliphatic hydroxyl groups is 1. The zero-order valence-corrected chi connectivity index (χ0v) is 20.6. The molecule has 1 unspecified atom stereocenters. The number of anilines is 2. The van der Waals surface area contributed by atoms with Gasteiger partial charge in [-0.15, -0.1) is 0 Å². The number of likely N-dealkylation sites (N-methyl/N-ethyl adjacent to an activating group) is 1. The van der Waals surface area contributed by atoms with Gasteiger partial charge in [-0.3, -0.25) is 0 Å². The molecule has 0 amide bonds. The highest BCUT2D eigenvalue weighted by Gasteiger charge is 2.37. The quantitative estimate of drug-likeness (QED) is 0.495. The zero-order chi connectivity index (χ0) is 24.5. The highest BCUT2D eigenvalue weighted by Crippen LogP contribution is 2.42. The third-order valence-corrected chi connectivity index (χ3v) is 8.52. The average Bonchev–Trinajstić information content (AvgIpc) is 2.92. The monoisotopic (exact) mass is 482 g/mol. The van der Waals surface area contributed by atoms with E-state index in [-0.39, 0.29) is 23.1 Å². The van der Waals surface area contributed by atoms with Gasteiger partial charge in [0.2, 0.25) is 10.0 Å². The van der Waals surface area contributed by atoms with E-state index < -0.39 is 15.8 Å². The van der Waals surface area contributed by atoms with E-state index >= 15 is 0 Å². The Hall–Kier alpha value is -2.74. The molecule has 34 heavy (non-hydrogen) atoms. The van der Waals surface area contributed by atoms with Crippen LogP contribution in [0.25, 0.3) is 11.1 Å². The van der Waals surface area contributed by atoms with Crippen LogP contribution in [0.2, 0.25) is 0 Å². The molecular weight excluding hydrogens is 451 g/mol. The summed E-state index contributed by atoms with van der Waals surface area (Å²) in [5, 5.41) is 10.2. The molecule has 1 N–H and O–H groups in total. The lowest BCUT2D eigenvalue weighted by atomic mass is 9.97. The molecule has 0 aromatic heterocycles. The van der Waals surface area contributed by atoms with E-state index in [1.54, 1.807) is 25.2 Å². The Morgan fingerprint density at radius 3 is 2.47 bits per heavy atom. The smallest absolute Gasteiger partial charge is 0.245 e. The summed E-state index contributed by atoms with van der Waals surface area (Å²) in [4.78, 5) is 2.12. The van der Waals surface area contributed by atoms with Crippen LogP contribution in [-0.4, -0.2) is 37.5 Å². The summed E-state index contributed by atoms with van der Waals surface area (Å²) in [6.07, 6.45) is 2.61. The average molecular weight is 483 g/mol. The number of halogens is 1. The third kappa shape index (κ3) is 4.48. The molecule has 0 bridgehead atoms. The molecule has 0 aliphatic carbocycles. The highest BCUT2D eigenvalue weighted by atomic mass is 32.2. The summed E-state index contributed by atoms with van der Waals surface area (Å²) in [6, 6.07) is 17.4. The fourth-order valence-corrected chi connectivity index (χ4v) is 6.17. The van der Waals surface area contributed by atoms with Crippen LogP contribution in [0, 0.1) is 12.7 Å². The maximum Gasteiger partial charge on any atom is 0.245 e. The van der Waals surface area contributed by atoms with Gasteiger partial charge >= 0.3 is 0 Å². The SMILES string of the molecule is CCCCC1CN(c2ccccc2)c2cc(CO)c(-c3cc(C)ccc3F)cc2S(=O)(=O)N1C. The number of unbranched alkanes of at least 4 members (excludes halogenated alkanes) is 1. The van der Waals surface area contributed by atoms with Crippen molar-refractivity contribution in [3.8, 4) is 11.1 Å². The van der Waals surface area contributed by atoms with Gasteiger partial charge in [-0.25, -0.2) is 12.8 Å². The van der Waals surface area contributed by atoms with Gasteiger partial charge in [-0.05, 0) is 60.9 Å². The van der Waals surface area contributed by atoms with Gasteiger partial charge in [0.1, 0.15) is 10.7 Å². The van der Waals surface area contributed by atoms with Gasteiger partial charge in [0.15, 0.2) is 0 Å². The minimum atomic E-state index is -3.87. The molecule has 1 heterocycles. The molecule has 0 radical (unpaired) electrons. The lowest BCUT2D eigenvalue weighted by Gasteiger charge is -2.29. The van der Waals surface area contributed by atoms with Crippen molar-refractivity contribution < 1.29 is 17.9 Å². The largest absolute Gasteiger partial charge is 0.392 e. The molecule has 1 aliphatic rings. The predicted octanol–water partition coefficient (Wildman–Crippen LogP) is 5.62. The Labute approximate surface area is 201 Å². The van der Waals surface area contributed by atoms with Crippen LogP contribution in [0.4, 0.5) is 15.8 Å². The van der Waals surface area contributed by atoms with Crippen molar-refractivity contribution in [2.75, 3.05) is 18.5 Å². The van der Waals surface area contributed by atoms with Crippen LogP contribution < -0.4 is 4.90 Å². The minimum absolute atomic E-state index is 0.117. The van der Waals surface area contributed by atoms with E-state index in [2.05, 4.69) is 6.92 Å². The number of nitrogens with zero attached hydrogens (tertiary/aromatic N) is 2. The summed E-state index contributed by atoms with van der Waals surface area (Å²) in [7, 11) is -2.24. The molecule has 0 saturated heterocycles. The first-order valence-electron chi connectivity index (χ1n) is 11.6. The molecule has 180 valence electrons. The van der Waals surface area contributed by atoms with Crippen molar-refractivity contribution in [1.82, 2.24) is 4.31 Å². The van der Waals surface area contributed by atoms with Gasteiger partial charge < -0.3 is 10.0 Å². The van der Waals surface area contributed by atoms with E-state index in [9.17, 15) is 17.9 Å². The second kappa shape index (κ2) is 9.86. The molecular formula is C27H31FN2O3S. The van der Waals surface area contributed by atoms with E-state index in [1.807, 2.05) is 42.2 Å². The molecule has 7 heteroatoms. The van der Waals surface area contributed by atoms with Crippen molar-refractivity contribution in [2.24, 2.45) is 0 Å². The van der Waals surface area contributed by atoms with Crippen LogP contribution in [-0.2, 0) is 16.6 Å². The Kier molecular flexibility index (Phi) is 7.07. The summed E-state index contributed by atoms with van der Waals surface area (Å²) in [5.41, 5.74) is 3.36. The van der Waals surface area contributed by atoms with Crippen LogP contribution in [0.15, 0.2) is 65.6 Å². The van der Waals surface area contributed by atoms with E-state index in [0.717, 1.165) is 30.5 Å². The van der Waals surface area contributed by atoms with Gasteiger partial charge in [0.05, 0.1) is 12.3 Å². The molecule has 3 aromatic carbocycles. The third-order valence-electron chi connectivity index (χ3n) is 6.58. The van der Waals surface area contributed by atoms with Crippen LogP contribution in [0.1, 0.15) is 37.3 Å². The Bertz CT molecular complexity index is 1280. The van der Waals surface area contributed by atoms with Crippen LogP contribution in [0.3, 0.4) is 0 Å². The zero-order valence-electron chi connectivity index (χ0n) is 19.8. The summed E-state index contributed by atoms with van der Waals surface area (Å²) < 4.78 is 44.0. The fraction of sp³-hybridized carbons (Fsp3) is 0.333. The number of aryl methyl sites for hydroxylation is 1. The number of para-hydroxylation sites is 1. The summed E-state index contributed by atoms with van der Waals surface area (Å²) in [6.45, 7) is 4.08. The van der Waals surface area contributed by atoms with Crippen molar-refractivity contribution in [1.29, 1.82) is 0 Å². The van der Waals surface area contributed by atoms with Crippen LogP contribution >= 0.6 is 0 Å². The molecule has 1 aliphatic heterocycles. The van der Waals surface area contributed by atoms with Crippen molar-refractivity contribution >= 4 is 21.4 Å². The van der Waals surface area contributed by atoms with E-state index in [4.69, 9.17) is 0 Å². The molecule has 1 atom stereocenters. The lowest BCUT2D eigenvalue weighted by molar-refractivity contribution is 0.282. The lowest BCUT2D eigenvalue weighted by Crippen LogP contribution is -2.40. The topological polar surface area (TPSA) is 60.9 Å². The van der Waals surface area contributed by atoms with Gasteiger partial charge in [0, 0.05) is 30.9 Å². The number of fused-ring (bicyclic) bond motifs is 1. The molecule has 0 spiro atoms. The van der Waals surface area contributed by atoms with Crippen LogP contribution in [0.5, 0.6) is 0 Å². The fourth-order valence-electron chi connectivity index (χ4n) is 4.60. The van der Waals surface area contributed by atoms with E-state index in [0.29, 0.717) is 23.4 Å². The first-order valence-corrected chi connectivity index (χ1v) is 13.1. The number of sulfonamides is 1. The predicted molar refractivity (Wildman–Crippen MR) is 134 cm³/mol. The maximum absolute atomic E-state index is 14.8. The minimum Gasteiger partial charge on any atom is -0.392 e. The summed E-state index contributed by atoms with van der Waals surface area (Å²) in [5.74, 6) is -0.458. The van der Waals surface area contributed by atoms with Gasteiger partial charge in [0.25, 0.3) is 0 Å². The number of hydrogen-bond acceptors (Lipinski definition) is 4. The molecule has 3 aromatic rings. The van der Waals surface area contributed by atoms with E-state index in [1.165, 1.54) is 16.4 Å². The second-order valence-corrected chi connectivity index (χ2v) is 10.8. The second-order valence-electron chi connectivity index (χ2n) is 8.88. The maximum atomic E-state index is 14.8. The van der Waals surface area contributed by atoms with Gasteiger partial charge in [-0.1, -0.05) is 49.6 Å². The molecule has 0 fully saturated rings. The van der Waals surface area contributed by atoms with Crippen molar-refractivity contribution in [3.63, 3.8) is 0 Å². The Balaban J connectivity index is 2.00. The number of hydrogen-bond donors (Lipinski definition) is 1. The first-order chi connectivity index (χ1) is 16.3. The van der Waals surface area contributed by atoms with Gasteiger partial charge in [-0.2, -0.15) is 4.31 Å². The number of benzene rings is 3. The van der Waals surface area contributed by atoms with Crippen molar-refractivity contribution in [2.45, 2.75) is 50.7 Å². The molecule has 5 nitrogen and oxygen atoms in total. The number of aliphatic hydroxyl groups excluding tert-OH is 1. The normalized spacial score (nSPS) is 17.9. The first kappa shape index (κ1) is 24.4. The Morgan fingerprint density at radius 2 is 1.79 bits per heavy atom. The number of rotatable bonds is 6. The summed E-state index contributed by atoms with van der Waals surface area (Å²) >= 11 is 0. The molecule has 4 rings (SSSR count). The molecule has 0 saturated carbocycles. The Morgan fingerprint density at radius 1 is 1.06 bits per heavy atom. The van der Waals surface area contributed by atoms with Crippen molar-refractivity contribution in [3.05, 3.63) is 77.6 Å². The standard InChI is InChI=1S/C27H31FN2O3S/c1-4-5-9-22-17-30(21-10-7-6-8-11-21)26-15-20(18-31)23(16-27(26)34(32,33)29(22)3)24-14-19(2)12-13-25(24)28/h6-8,10-16,22,31H,4-5,9,17-18H2,1-3H3.